The second-order valence-electron chi connectivity index (χ2n) is 11.6. The largest absolute Gasteiger partial charge is 0.383 e. The highest BCUT2D eigenvalue weighted by Gasteiger charge is 2.18. The fourth-order valence-corrected chi connectivity index (χ4v) is 5.77. The fraction of sp³-hybridized carbons (Fsp3) is 0.471. The van der Waals surface area contributed by atoms with Crippen LogP contribution in [0.25, 0.3) is 6.08 Å². The van der Waals surface area contributed by atoms with Crippen LogP contribution >= 0.6 is 0 Å². The van der Waals surface area contributed by atoms with Gasteiger partial charge in [-0.15, -0.1) is 0 Å². The first kappa shape index (κ1) is 30.0. The van der Waals surface area contributed by atoms with Crippen LogP contribution in [0.3, 0.4) is 0 Å². The van der Waals surface area contributed by atoms with Crippen molar-refractivity contribution in [1.82, 2.24) is 25.5 Å². The molecule has 0 atom stereocenters. The van der Waals surface area contributed by atoms with Gasteiger partial charge in [-0.3, -0.25) is 4.90 Å². The second-order valence-corrected chi connectivity index (χ2v) is 11.6. The van der Waals surface area contributed by atoms with Crippen LogP contribution in [0.2, 0.25) is 0 Å². The molecule has 1 aliphatic carbocycles. The molecule has 2 aromatic carbocycles. The summed E-state index contributed by atoms with van der Waals surface area (Å²) < 4.78 is 0. The van der Waals surface area contributed by atoms with Gasteiger partial charge in [-0.05, 0) is 49.0 Å². The van der Waals surface area contributed by atoms with Crippen molar-refractivity contribution in [1.29, 1.82) is 0 Å². The number of piperazine rings is 1. The van der Waals surface area contributed by atoms with Crippen molar-refractivity contribution in [2.24, 2.45) is 0 Å². The van der Waals surface area contributed by atoms with Crippen LogP contribution in [0.4, 0.5) is 17.6 Å². The zero-order valence-corrected chi connectivity index (χ0v) is 25.0. The van der Waals surface area contributed by atoms with Crippen molar-refractivity contribution < 1.29 is 0 Å². The molecule has 0 unspecified atom stereocenters. The highest BCUT2D eigenvalue weighted by atomic mass is 15.3. The topological polar surface area (TPSA) is 94.4 Å². The average molecular weight is 569 g/mol. The van der Waals surface area contributed by atoms with Gasteiger partial charge in [0, 0.05) is 57.9 Å². The predicted molar refractivity (Wildman–Crippen MR) is 176 cm³/mol. The number of nitrogens with zero attached hydrogens (tertiary/aromatic N) is 4. The van der Waals surface area contributed by atoms with E-state index in [1.165, 1.54) is 55.2 Å². The van der Waals surface area contributed by atoms with Crippen molar-refractivity contribution in [3.63, 3.8) is 0 Å². The predicted octanol–water partition coefficient (Wildman–Crippen LogP) is 4.91. The average Bonchev–Trinajstić information content (AvgIpc) is 3.03. The van der Waals surface area contributed by atoms with E-state index in [2.05, 4.69) is 91.4 Å². The van der Waals surface area contributed by atoms with Crippen molar-refractivity contribution in [3.8, 4) is 0 Å². The molecular weight excluding hydrogens is 520 g/mol. The molecule has 0 bridgehead atoms. The van der Waals surface area contributed by atoms with Gasteiger partial charge in [0.15, 0.2) is 0 Å². The normalized spacial score (nSPS) is 16.7. The maximum Gasteiger partial charge on any atom is 0.226 e. The molecule has 1 saturated carbocycles. The molecule has 224 valence electrons. The van der Waals surface area contributed by atoms with Crippen LogP contribution in [0.1, 0.15) is 55.2 Å². The summed E-state index contributed by atoms with van der Waals surface area (Å²) >= 11 is 0. The molecule has 1 saturated heterocycles. The lowest BCUT2D eigenvalue weighted by Crippen LogP contribution is -2.46. The first-order chi connectivity index (χ1) is 20.7. The van der Waals surface area contributed by atoms with Gasteiger partial charge in [0.05, 0.1) is 0 Å². The van der Waals surface area contributed by atoms with Crippen molar-refractivity contribution in [3.05, 3.63) is 83.4 Å². The number of aromatic nitrogens is 2. The zero-order chi connectivity index (χ0) is 28.8. The molecule has 2 fully saturated rings. The molecule has 5 rings (SSSR count). The summed E-state index contributed by atoms with van der Waals surface area (Å²) in [5.74, 6) is 1.96. The summed E-state index contributed by atoms with van der Waals surface area (Å²) in [4.78, 5) is 14.0. The van der Waals surface area contributed by atoms with Gasteiger partial charge < -0.3 is 26.6 Å². The van der Waals surface area contributed by atoms with Gasteiger partial charge in [0.25, 0.3) is 0 Å². The van der Waals surface area contributed by atoms with Gasteiger partial charge in [-0.2, -0.15) is 9.97 Å². The summed E-state index contributed by atoms with van der Waals surface area (Å²) in [7, 11) is 0. The van der Waals surface area contributed by atoms with E-state index >= 15 is 0 Å². The molecule has 8 nitrogen and oxygen atoms in total. The highest BCUT2D eigenvalue weighted by molar-refractivity contribution is 5.52. The standard InChI is InChI=1S/C34H48N8/c35-32-25-33(42-23-21-41(22-24-42)20-7-11-28-9-3-1-4-10-28)40-34(39-32)38-27-30-16-14-29(15-17-30)26-36-18-8-19-37-31-12-5-2-6-13-31/h1,3-4,7,9-11,14-17,25,31,36-37H,2,5-6,8,12-13,18-24,26-27H2,(H3,35,38,39,40)/b11-7+. The summed E-state index contributed by atoms with van der Waals surface area (Å²) in [6, 6.07) is 21.8. The van der Waals surface area contributed by atoms with Gasteiger partial charge in [-0.25, -0.2) is 0 Å². The zero-order valence-electron chi connectivity index (χ0n) is 25.0. The third-order valence-corrected chi connectivity index (χ3v) is 8.27. The van der Waals surface area contributed by atoms with E-state index in [0.29, 0.717) is 18.3 Å². The first-order valence-electron chi connectivity index (χ1n) is 15.8. The lowest BCUT2D eigenvalue weighted by molar-refractivity contribution is 0.283. The lowest BCUT2D eigenvalue weighted by atomic mass is 9.95. The summed E-state index contributed by atoms with van der Waals surface area (Å²) in [6.07, 6.45) is 12.5. The van der Waals surface area contributed by atoms with Gasteiger partial charge in [0.1, 0.15) is 11.6 Å². The molecule has 0 radical (unpaired) electrons. The third-order valence-electron chi connectivity index (χ3n) is 8.27. The van der Waals surface area contributed by atoms with Gasteiger partial charge in [0.2, 0.25) is 5.95 Å². The monoisotopic (exact) mass is 568 g/mol. The molecule has 0 spiro atoms. The van der Waals surface area contributed by atoms with Crippen LogP contribution in [0.15, 0.2) is 66.7 Å². The molecule has 8 heteroatoms. The fourth-order valence-electron chi connectivity index (χ4n) is 5.77. The minimum atomic E-state index is 0.492. The molecular formula is C34H48N8. The molecule has 2 heterocycles. The van der Waals surface area contributed by atoms with Crippen molar-refractivity contribution >= 4 is 23.7 Å². The smallest absolute Gasteiger partial charge is 0.226 e. The SMILES string of the molecule is Nc1cc(N2CCN(C/C=C/c3ccccc3)CC2)nc(NCc2ccc(CNCCCNC3CCCCC3)cc2)n1. The van der Waals surface area contributed by atoms with Crippen LogP contribution < -0.4 is 26.6 Å². The third kappa shape index (κ3) is 9.82. The van der Waals surface area contributed by atoms with Crippen LogP contribution in [-0.2, 0) is 13.1 Å². The number of anilines is 3. The molecule has 5 N–H and O–H groups in total. The quantitative estimate of drug-likeness (QED) is 0.204. The Morgan fingerprint density at radius 2 is 1.57 bits per heavy atom. The number of hydrogen-bond acceptors (Lipinski definition) is 8. The molecule has 2 aliphatic rings. The molecule has 42 heavy (non-hydrogen) atoms. The van der Waals surface area contributed by atoms with E-state index < -0.39 is 0 Å². The number of nitrogens with two attached hydrogens (primary N) is 1. The van der Waals surface area contributed by atoms with Crippen LogP contribution in [0, 0.1) is 0 Å². The summed E-state index contributed by atoms with van der Waals surface area (Å²) in [5, 5.41) is 10.7. The first-order valence-corrected chi connectivity index (χ1v) is 15.8. The molecule has 1 aliphatic heterocycles. The maximum atomic E-state index is 6.17. The van der Waals surface area contributed by atoms with Crippen molar-refractivity contribution in [2.75, 3.05) is 61.8 Å². The van der Waals surface area contributed by atoms with Crippen LogP contribution in [0.5, 0.6) is 0 Å². The number of nitrogens with one attached hydrogen (secondary N) is 3. The maximum absolute atomic E-state index is 6.17. The minimum absolute atomic E-state index is 0.492. The van der Waals surface area contributed by atoms with E-state index in [0.717, 1.165) is 64.2 Å². The van der Waals surface area contributed by atoms with E-state index in [9.17, 15) is 0 Å². The molecule has 1 aromatic heterocycles. The number of rotatable bonds is 14. The Morgan fingerprint density at radius 3 is 2.33 bits per heavy atom. The number of hydrogen-bond donors (Lipinski definition) is 4. The Bertz CT molecular complexity index is 1220. The molecule has 0 amide bonds. The number of benzene rings is 2. The number of nitrogen functional groups attached to an aromatic ring is 1. The van der Waals surface area contributed by atoms with Gasteiger partial charge >= 0.3 is 0 Å². The highest BCUT2D eigenvalue weighted by Crippen LogP contribution is 2.19. The lowest BCUT2D eigenvalue weighted by Gasteiger charge is -2.35. The molecule has 3 aromatic rings. The Hall–Kier alpha value is -3.46. The van der Waals surface area contributed by atoms with Crippen LogP contribution in [-0.4, -0.2) is 66.7 Å². The van der Waals surface area contributed by atoms with Gasteiger partial charge in [-0.1, -0.05) is 86.0 Å². The van der Waals surface area contributed by atoms with Crippen molar-refractivity contribution in [2.45, 2.75) is 57.7 Å². The Kier molecular flexibility index (Phi) is 11.6. The summed E-state index contributed by atoms with van der Waals surface area (Å²) in [6.45, 7) is 8.48. The van der Waals surface area contributed by atoms with E-state index in [1.54, 1.807) is 0 Å². The van der Waals surface area contributed by atoms with E-state index in [-0.39, 0.29) is 0 Å². The Labute approximate surface area is 251 Å². The van der Waals surface area contributed by atoms with E-state index in [1.807, 2.05) is 12.1 Å². The van der Waals surface area contributed by atoms with E-state index in [4.69, 9.17) is 10.7 Å². The summed E-state index contributed by atoms with van der Waals surface area (Å²) in [5.41, 5.74) is 9.91. The Morgan fingerprint density at radius 1 is 0.833 bits per heavy atom. The minimum Gasteiger partial charge on any atom is -0.383 e. The second kappa shape index (κ2) is 16.2. The Balaban J connectivity index is 1.00.